The molecule has 0 saturated carbocycles. The fourth-order valence-electron chi connectivity index (χ4n) is 2.72. The molecule has 0 aromatic rings. The number of nitrogens with two attached hydrogens (primary N) is 1. The number of unbranched alkanes of at least 4 members (excludes halogenated alkanes) is 13. The highest BCUT2D eigenvalue weighted by Crippen LogP contribution is 2.40. The van der Waals surface area contributed by atoms with Gasteiger partial charge in [0.05, 0.1) is 0 Å². The van der Waals surface area contributed by atoms with Gasteiger partial charge in [-0.1, -0.05) is 96.8 Å². The molecule has 0 radical (unpaired) electrons. The Bertz CT molecular complexity index is 281. The first-order valence-electron chi connectivity index (χ1n) is 9.29. The Balaban J connectivity index is 3.13. The number of rotatable bonds is 16. The minimum atomic E-state index is -4.07. The van der Waals surface area contributed by atoms with Gasteiger partial charge in [-0.2, -0.15) is 0 Å². The van der Waals surface area contributed by atoms with E-state index in [0.717, 1.165) is 19.3 Å². The van der Waals surface area contributed by atoms with Crippen LogP contribution in [-0.2, 0) is 4.57 Å². The maximum absolute atomic E-state index is 10.9. The van der Waals surface area contributed by atoms with E-state index in [4.69, 9.17) is 15.5 Å². The van der Waals surface area contributed by atoms with Gasteiger partial charge in [-0.3, -0.25) is 4.57 Å². The Kier molecular flexibility index (Phi) is 14.8. The van der Waals surface area contributed by atoms with Crippen LogP contribution in [0, 0.1) is 0 Å². The summed E-state index contributed by atoms with van der Waals surface area (Å²) in [5, 5.41) is 0. The van der Waals surface area contributed by atoms with Crippen molar-refractivity contribution in [3.05, 3.63) is 0 Å². The van der Waals surface area contributed by atoms with E-state index >= 15 is 0 Å². The van der Waals surface area contributed by atoms with E-state index in [1.807, 2.05) is 0 Å². The zero-order valence-electron chi connectivity index (χ0n) is 14.5. The molecule has 0 aromatic carbocycles. The monoisotopic (exact) mass is 335 g/mol. The predicted octanol–water partition coefficient (Wildman–Crippen LogP) is 5.32. The minimum Gasteiger partial charge on any atom is -0.323 e. The predicted molar refractivity (Wildman–Crippen MR) is 94.9 cm³/mol. The molecule has 5 heteroatoms. The second kappa shape index (κ2) is 14.7. The fourth-order valence-corrected chi connectivity index (χ4v) is 3.24. The van der Waals surface area contributed by atoms with Crippen LogP contribution in [0.1, 0.15) is 103 Å². The Morgan fingerprint density at radius 1 is 0.727 bits per heavy atom. The molecule has 0 aliphatic rings. The molecule has 1 unspecified atom stereocenters. The van der Waals surface area contributed by atoms with Gasteiger partial charge in [0.25, 0.3) is 0 Å². The quantitative estimate of drug-likeness (QED) is 0.263. The average Bonchev–Trinajstić information content (AvgIpc) is 2.46. The highest BCUT2D eigenvalue weighted by molar-refractivity contribution is 7.52. The van der Waals surface area contributed by atoms with Crippen LogP contribution >= 0.6 is 7.60 Å². The van der Waals surface area contributed by atoms with Crippen LogP contribution in [0.3, 0.4) is 0 Å². The lowest BCUT2D eigenvalue weighted by Crippen LogP contribution is -2.19. The smallest absolute Gasteiger partial charge is 0.323 e. The van der Waals surface area contributed by atoms with E-state index in [2.05, 4.69) is 6.92 Å². The van der Waals surface area contributed by atoms with Crippen molar-refractivity contribution in [2.75, 3.05) is 0 Å². The molecule has 0 spiro atoms. The molecule has 0 amide bonds. The van der Waals surface area contributed by atoms with Crippen molar-refractivity contribution in [2.24, 2.45) is 5.73 Å². The van der Waals surface area contributed by atoms with Crippen LogP contribution < -0.4 is 5.73 Å². The third-order valence-electron chi connectivity index (χ3n) is 4.29. The number of hydrogen-bond donors (Lipinski definition) is 3. The van der Waals surface area contributed by atoms with Crippen LogP contribution in [0.15, 0.2) is 0 Å². The lowest BCUT2D eigenvalue weighted by molar-refractivity contribution is 0.353. The van der Waals surface area contributed by atoms with Crippen LogP contribution in [0.4, 0.5) is 0 Å². The highest BCUT2D eigenvalue weighted by atomic mass is 31.2. The summed E-state index contributed by atoms with van der Waals surface area (Å²) >= 11 is 0. The molecule has 0 aliphatic carbocycles. The molecule has 4 nitrogen and oxygen atoms in total. The van der Waals surface area contributed by atoms with Gasteiger partial charge in [0.1, 0.15) is 5.78 Å². The van der Waals surface area contributed by atoms with E-state index in [0.29, 0.717) is 6.42 Å². The Hall–Kier alpha value is 0.110. The first-order valence-corrected chi connectivity index (χ1v) is 11.0. The maximum atomic E-state index is 10.9. The fraction of sp³-hybridized carbons (Fsp3) is 1.00. The SMILES string of the molecule is CCCCCCCCCCCCCCCCC(N)P(=O)(O)O. The van der Waals surface area contributed by atoms with Gasteiger partial charge >= 0.3 is 7.60 Å². The van der Waals surface area contributed by atoms with Crippen molar-refractivity contribution in [3.8, 4) is 0 Å². The summed E-state index contributed by atoms with van der Waals surface area (Å²) in [6, 6.07) is 0. The Morgan fingerprint density at radius 3 is 1.36 bits per heavy atom. The van der Waals surface area contributed by atoms with E-state index in [1.165, 1.54) is 70.6 Å². The molecule has 0 bridgehead atoms. The normalized spacial score (nSPS) is 13.5. The van der Waals surface area contributed by atoms with E-state index in [9.17, 15) is 4.57 Å². The van der Waals surface area contributed by atoms with Crippen LogP contribution in [0.25, 0.3) is 0 Å². The third kappa shape index (κ3) is 15.0. The average molecular weight is 335 g/mol. The zero-order valence-corrected chi connectivity index (χ0v) is 15.4. The molecule has 0 fully saturated rings. The Labute approximate surface area is 137 Å². The van der Waals surface area contributed by atoms with Crippen molar-refractivity contribution >= 4 is 7.60 Å². The topological polar surface area (TPSA) is 83.6 Å². The zero-order chi connectivity index (χ0) is 16.7. The molecule has 1 atom stereocenters. The van der Waals surface area contributed by atoms with Gasteiger partial charge in [0.15, 0.2) is 0 Å². The van der Waals surface area contributed by atoms with E-state index in [1.54, 1.807) is 0 Å². The molecule has 4 N–H and O–H groups in total. The van der Waals surface area contributed by atoms with Crippen molar-refractivity contribution in [1.29, 1.82) is 0 Å². The van der Waals surface area contributed by atoms with Gasteiger partial charge in [0.2, 0.25) is 0 Å². The van der Waals surface area contributed by atoms with Crippen LogP contribution in [0.5, 0.6) is 0 Å². The third-order valence-corrected chi connectivity index (χ3v) is 5.41. The van der Waals surface area contributed by atoms with Gasteiger partial charge in [-0.25, -0.2) is 0 Å². The van der Waals surface area contributed by atoms with Crippen molar-refractivity contribution < 1.29 is 14.4 Å². The molecule has 0 aliphatic heterocycles. The largest absolute Gasteiger partial charge is 0.342 e. The van der Waals surface area contributed by atoms with Gasteiger partial charge in [-0.15, -0.1) is 0 Å². The summed E-state index contributed by atoms with van der Waals surface area (Å²) in [7, 11) is -4.07. The van der Waals surface area contributed by atoms with Crippen LogP contribution in [-0.4, -0.2) is 15.6 Å². The standard InChI is InChI=1S/C17H38NO3P/c1-2-3-4-5-6-7-8-9-10-11-12-13-14-15-16-17(18)22(19,20)21/h17H,2-16,18H2,1H3,(H2,19,20,21). The second-order valence-electron chi connectivity index (χ2n) is 6.54. The molecule has 0 aromatic heterocycles. The van der Waals surface area contributed by atoms with Crippen molar-refractivity contribution in [3.63, 3.8) is 0 Å². The number of hydrogen-bond acceptors (Lipinski definition) is 2. The first-order chi connectivity index (χ1) is 10.5. The van der Waals surface area contributed by atoms with Crippen LogP contribution in [0.2, 0.25) is 0 Å². The van der Waals surface area contributed by atoms with Crippen molar-refractivity contribution in [2.45, 2.75) is 109 Å². The highest BCUT2D eigenvalue weighted by Gasteiger charge is 2.23. The minimum absolute atomic E-state index is 0.433. The Morgan fingerprint density at radius 2 is 1.05 bits per heavy atom. The van der Waals surface area contributed by atoms with Crippen molar-refractivity contribution in [1.82, 2.24) is 0 Å². The molecule has 0 rings (SSSR count). The lowest BCUT2D eigenvalue weighted by Gasteiger charge is -2.12. The van der Waals surface area contributed by atoms with E-state index < -0.39 is 13.4 Å². The summed E-state index contributed by atoms with van der Waals surface area (Å²) in [6.45, 7) is 2.26. The van der Waals surface area contributed by atoms with Gasteiger partial charge < -0.3 is 15.5 Å². The molecular weight excluding hydrogens is 297 g/mol. The summed E-state index contributed by atoms with van der Waals surface area (Å²) in [5.74, 6) is -0.968. The van der Waals surface area contributed by atoms with E-state index in [-0.39, 0.29) is 0 Å². The van der Waals surface area contributed by atoms with Gasteiger partial charge in [0, 0.05) is 0 Å². The molecule has 22 heavy (non-hydrogen) atoms. The molecular formula is C17H38NO3P. The summed E-state index contributed by atoms with van der Waals surface area (Å²) in [6.07, 6.45) is 18.4. The molecule has 134 valence electrons. The molecule has 0 saturated heterocycles. The lowest BCUT2D eigenvalue weighted by atomic mass is 10.0. The summed E-state index contributed by atoms with van der Waals surface area (Å²) < 4.78 is 10.9. The van der Waals surface area contributed by atoms with Gasteiger partial charge in [-0.05, 0) is 6.42 Å². The summed E-state index contributed by atoms with van der Waals surface area (Å²) in [4.78, 5) is 17.8. The molecule has 0 heterocycles. The first kappa shape index (κ1) is 22.1. The maximum Gasteiger partial charge on any atom is 0.342 e. The summed E-state index contributed by atoms with van der Waals surface area (Å²) in [5.41, 5.74) is 5.43. The second-order valence-corrected chi connectivity index (χ2v) is 8.38.